The van der Waals surface area contributed by atoms with Gasteiger partial charge in [0, 0.05) is 29.5 Å². The highest BCUT2D eigenvalue weighted by Crippen LogP contribution is 2.13. The SMILES string of the molecule is Cc1csc(=S)n1CC(S)CCO. The first kappa shape index (κ1) is 11.2. The van der Waals surface area contributed by atoms with Crippen molar-refractivity contribution in [3.05, 3.63) is 15.0 Å². The van der Waals surface area contributed by atoms with Gasteiger partial charge in [0.15, 0.2) is 3.95 Å². The van der Waals surface area contributed by atoms with Crippen molar-refractivity contribution in [2.45, 2.75) is 25.1 Å². The van der Waals surface area contributed by atoms with Gasteiger partial charge >= 0.3 is 0 Å². The third-order valence-corrected chi connectivity index (χ3v) is 3.64. The van der Waals surface area contributed by atoms with Gasteiger partial charge < -0.3 is 9.67 Å². The Hall–Kier alpha value is 0.160. The quantitative estimate of drug-likeness (QED) is 0.618. The molecule has 0 aromatic carbocycles. The molecule has 0 amide bonds. The Balaban J connectivity index is 2.68. The molecule has 0 spiro atoms. The van der Waals surface area contributed by atoms with E-state index in [1.807, 2.05) is 12.3 Å². The van der Waals surface area contributed by atoms with Crippen LogP contribution in [0.1, 0.15) is 12.1 Å². The monoisotopic (exact) mass is 235 g/mol. The van der Waals surface area contributed by atoms with Gasteiger partial charge in [-0.15, -0.1) is 11.3 Å². The molecule has 1 unspecified atom stereocenters. The molecule has 0 aliphatic heterocycles. The second kappa shape index (κ2) is 5.14. The normalized spacial score (nSPS) is 13.2. The summed E-state index contributed by atoms with van der Waals surface area (Å²) in [5.41, 5.74) is 1.17. The van der Waals surface area contributed by atoms with Gasteiger partial charge in [-0.25, -0.2) is 0 Å². The number of aliphatic hydroxyl groups excluding tert-OH is 1. The lowest BCUT2D eigenvalue weighted by Crippen LogP contribution is -2.13. The molecule has 0 saturated heterocycles. The Kier molecular flexibility index (Phi) is 4.45. The molecule has 1 N–H and O–H groups in total. The summed E-state index contributed by atoms with van der Waals surface area (Å²) in [6, 6.07) is 0. The van der Waals surface area contributed by atoms with Gasteiger partial charge in [-0.1, -0.05) is 0 Å². The van der Waals surface area contributed by atoms with E-state index in [1.165, 1.54) is 5.69 Å². The van der Waals surface area contributed by atoms with Crippen LogP contribution in [-0.2, 0) is 6.54 Å². The molecule has 0 radical (unpaired) electrons. The second-order valence-corrected chi connectivity index (χ2v) is 5.15. The van der Waals surface area contributed by atoms with Crippen molar-refractivity contribution < 1.29 is 5.11 Å². The van der Waals surface area contributed by atoms with Crippen molar-refractivity contribution in [3.8, 4) is 0 Å². The number of thiol groups is 1. The van der Waals surface area contributed by atoms with Gasteiger partial charge in [-0.05, 0) is 25.6 Å². The molecule has 1 rings (SSSR count). The van der Waals surface area contributed by atoms with E-state index in [2.05, 4.69) is 17.2 Å². The van der Waals surface area contributed by atoms with E-state index in [4.69, 9.17) is 17.3 Å². The van der Waals surface area contributed by atoms with Crippen LogP contribution >= 0.6 is 36.2 Å². The first-order valence-electron chi connectivity index (χ1n) is 4.09. The first-order valence-corrected chi connectivity index (χ1v) is 5.89. The van der Waals surface area contributed by atoms with Gasteiger partial charge in [0.05, 0.1) is 0 Å². The lowest BCUT2D eigenvalue weighted by molar-refractivity contribution is 0.284. The summed E-state index contributed by atoms with van der Waals surface area (Å²) in [5.74, 6) is 0. The molecule has 1 atom stereocenters. The minimum atomic E-state index is 0.185. The van der Waals surface area contributed by atoms with Crippen LogP contribution < -0.4 is 0 Å². The molecular weight excluding hydrogens is 222 g/mol. The smallest absolute Gasteiger partial charge is 0.161 e. The van der Waals surface area contributed by atoms with Crippen molar-refractivity contribution in [2.75, 3.05) is 6.61 Å². The van der Waals surface area contributed by atoms with Crippen LogP contribution in [0.4, 0.5) is 0 Å². The fraction of sp³-hybridized carbons (Fsp3) is 0.625. The zero-order chi connectivity index (χ0) is 9.84. The molecule has 0 aliphatic rings. The minimum absolute atomic E-state index is 0.185. The molecule has 0 fully saturated rings. The minimum Gasteiger partial charge on any atom is -0.396 e. The maximum absolute atomic E-state index is 8.72. The van der Waals surface area contributed by atoms with E-state index in [-0.39, 0.29) is 11.9 Å². The Labute approximate surface area is 92.6 Å². The molecule has 74 valence electrons. The molecule has 1 aromatic rings. The van der Waals surface area contributed by atoms with Gasteiger partial charge in [0.1, 0.15) is 0 Å². The average molecular weight is 235 g/mol. The van der Waals surface area contributed by atoms with Crippen LogP contribution in [0.3, 0.4) is 0 Å². The summed E-state index contributed by atoms with van der Waals surface area (Å²) in [4.78, 5) is 0. The van der Waals surface area contributed by atoms with Crippen molar-refractivity contribution in [3.63, 3.8) is 0 Å². The third-order valence-electron chi connectivity index (χ3n) is 1.83. The van der Waals surface area contributed by atoms with Crippen molar-refractivity contribution >= 4 is 36.2 Å². The van der Waals surface area contributed by atoms with E-state index >= 15 is 0 Å². The standard InChI is InChI=1S/C8H13NOS3/c1-6-5-13-8(12)9(6)4-7(11)2-3-10/h5,7,10-11H,2-4H2,1H3. The lowest BCUT2D eigenvalue weighted by Gasteiger charge is -2.11. The van der Waals surface area contributed by atoms with Crippen LogP contribution in [0, 0.1) is 10.9 Å². The highest BCUT2D eigenvalue weighted by molar-refractivity contribution is 7.80. The summed E-state index contributed by atoms with van der Waals surface area (Å²) in [6.45, 7) is 3.01. The van der Waals surface area contributed by atoms with Gasteiger partial charge in [0.25, 0.3) is 0 Å². The third kappa shape index (κ3) is 3.09. The predicted molar refractivity (Wildman–Crippen MR) is 62.4 cm³/mol. The summed E-state index contributed by atoms with van der Waals surface area (Å²) in [5, 5.41) is 11.0. The second-order valence-electron chi connectivity index (χ2n) is 2.92. The van der Waals surface area contributed by atoms with Crippen LogP contribution in [0.15, 0.2) is 5.38 Å². The molecule has 1 heterocycles. The van der Waals surface area contributed by atoms with E-state index in [0.29, 0.717) is 6.42 Å². The average Bonchev–Trinajstić information content (AvgIpc) is 2.36. The maximum Gasteiger partial charge on any atom is 0.161 e. The van der Waals surface area contributed by atoms with Gasteiger partial charge in [0.2, 0.25) is 0 Å². The number of aryl methyl sites for hydroxylation is 1. The number of rotatable bonds is 4. The molecule has 0 bridgehead atoms. The van der Waals surface area contributed by atoms with E-state index in [9.17, 15) is 0 Å². The van der Waals surface area contributed by atoms with Crippen LogP contribution in [-0.4, -0.2) is 21.5 Å². The maximum atomic E-state index is 8.72. The molecular formula is C8H13NOS3. The van der Waals surface area contributed by atoms with Crippen molar-refractivity contribution in [2.24, 2.45) is 0 Å². The zero-order valence-electron chi connectivity index (χ0n) is 7.43. The summed E-state index contributed by atoms with van der Waals surface area (Å²) < 4.78 is 2.95. The summed E-state index contributed by atoms with van der Waals surface area (Å²) in [6.07, 6.45) is 0.709. The Morgan fingerprint density at radius 2 is 2.46 bits per heavy atom. The summed E-state index contributed by atoms with van der Waals surface area (Å²) >= 11 is 11.1. The van der Waals surface area contributed by atoms with E-state index in [0.717, 1.165) is 10.5 Å². The van der Waals surface area contributed by atoms with Gasteiger partial charge in [-0.2, -0.15) is 12.6 Å². The summed E-state index contributed by atoms with van der Waals surface area (Å²) in [7, 11) is 0. The highest BCUT2D eigenvalue weighted by atomic mass is 32.1. The fourth-order valence-electron chi connectivity index (χ4n) is 1.08. The number of hydrogen-bond donors (Lipinski definition) is 2. The number of thiazole rings is 1. The van der Waals surface area contributed by atoms with Crippen LogP contribution in [0.5, 0.6) is 0 Å². The van der Waals surface area contributed by atoms with Crippen molar-refractivity contribution in [1.82, 2.24) is 4.57 Å². The van der Waals surface area contributed by atoms with Gasteiger partial charge in [-0.3, -0.25) is 0 Å². The number of hydrogen-bond acceptors (Lipinski definition) is 4. The molecule has 13 heavy (non-hydrogen) atoms. The first-order chi connectivity index (χ1) is 6.15. The molecule has 0 saturated carbocycles. The van der Waals surface area contributed by atoms with E-state index < -0.39 is 0 Å². The fourth-order valence-corrected chi connectivity index (χ4v) is 2.46. The molecule has 1 aromatic heterocycles. The van der Waals surface area contributed by atoms with Crippen LogP contribution in [0.2, 0.25) is 0 Å². The van der Waals surface area contributed by atoms with Crippen LogP contribution in [0.25, 0.3) is 0 Å². The molecule has 2 nitrogen and oxygen atoms in total. The largest absolute Gasteiger partial charge is 0.396 e. The number of aliphatic hydroxyl groups is 1. The highest BCUT2D eigenvalue weighted by Gasteiger charge is 2.06. The Morgan fingerprint density at radius 3 is 2.92 bits per heavy atom. The molecule has 5 heteroatoms. The lowest BCUT2D eigenvalue weighted by atomic mass is 10.3. The van der Waals surface area contributed by atoms with E-state index in [1.54, 1.807) is 11.3 Å². The molecule has 0 aliphatic carbocycles. The number of aromatic nitrogens is 1. The predicted octanol–water partition coefficient (Wildman–Crippen LogP) is 2.27. The Bertz CT molecular complexity index is 317. The zero-order valence-corrected chi connectivity index (χ0v) is 9.96. The Morgan fingerprint density at radius 1 is 1.77 bits per heavy atom. The van der Waals surface area contributed by atoms with Crippen molar-refractivity contribution in [1.29, 1.82) is 0 Å². The number of nitrogens with zero attached hydrogens (tertiary/aromatic N) is 1. The topological polar surface area (TPSA) is 25.2 Å².